The van der Waals surface area contributed by atoms with Crippen LogP contribution in [0.15, 0.2) is 53.2 Å². The van der Waals surface area contributed by atoms with Gasteiger partial charge in [-0.2, -0.15) is 0 Å². The van der Waals surface area contributed by atoms with E-state index in [1.54, 1.807) is 22.7 Å². The highest BCUT2D eigenvalue weighted by Crippen LogP contribution is 2.40. The molecule has 29 heavy (non-hydrogen) atoms. The van der Waals surface area contributed by atoms with E-state index in [0.717, 1.165) is 45.5 Å². The summed E-state index contributed by atoms with van der Waals surface area (Å²) in [6.07, 6.45) is 0.914. The van der Waals surface area contributed by atoms with Crippen LogP contribution in [0.4, 0.5) is 5.82 Å². The normalized spacial score (nSPS) is 20.1. The number of hydrogen-bond donors (Lipinski definition) is 0. The Morgan fingerprint density at radius 3 is 2.72 bits per heavy atom. The Kier molecular flexibility index (Phi) is 5.20. The smallest absolute Gasteiger partial charge is 0.173 e. The Morgan fingerprint density at radius 1 is 1.07 bits per heavy atom. The second-order valence-electron chi connectivity index (χ2n) is 7.22. The van der Waals surface area contributed by atoms with E-state index in [4.69, 9.17) is 9.97 Å². The Bertz CT molecular complexity index is 1150. The number of nitrogens with zero attached hydrogens (tertiary/aromatic N) is 3. The molecule has 0 amide bonds. The van der Waals surface area contributed by atoms with Gasteiger partial charge in [-0.05, 0) is 30.4 Å². The van der Waals surface area contributed by atoms with Gasteiger partial charge in [0.25, 0.3) is 0 Å². The summed E-state index contributed by atoms with van der Waals surface area (Å²) in [6.45, 7) is 2.98. The molecule has 2 atom stereocenters. The molecule has 0 N–H and O–H groups in total. The topological polar surface area (TPSA) is 46.1 Å². The summed E-state index contributed by atoms with van der Waals surface area (Å²) in [5.41, 5.74) is 2.36. The van der Waals surface area contributed by atoms with E-state index in [2.05, 4.69) is 52.9 Å². The number of fused-ring (bicyclic) bond motifs is 1. The van der Waals surface area contributed by atoms with Crippen LogP contribution in [0.25, 0.3) is 32.0 Å². The summed E-state index contributed by atoms with van der Waals surface area (Å²) in [5.74, 6) is 3.21. The summed E-state index contributed by atoms with van der Waals surface area (Å²) in [5, 5.41) is 5.36. The predicted molar refractivity (Wildman–Crippen MR) is 125 cm³/mol. The fraction of sp³-hybridized carbons (Fsp3) is 0.273. The molecule has 5 rings (SSSR count). The molecule has 1 aliphatic heterocycles. The summed E-state index contributed by atoms with van der Waals surface area (Å²) in [7, 11) is -0.753. The molecule has 1 aromatic carbocycles. The molecule has 1 fully saturated rings. The van der Waals surface area contributed by atoms with E-state index in [-0.39, 0.29) is 0 Å². The predicted octanol–water partition coefficient (Wildman–Crippen LogP) is 5.43. The zero-order chi connectivity index (χ0) is 19.8. The highest BCUT2D eigenvalue weighted by Gasteiger charge is 2.26. The largest absolute Gasteiger partial charge is 0.352 e. The number of benzene rings is 1. The third-order valence-electron chi connectivity index (χ3n) is 5.37. The van der Waals surface area contributed by atoms with E-state index < -0.39 is 10.8 Å². The zero-order valence-electron chi connectivity index (χ0n) is 16.1. The third-order valence-corrected chi connectivity index (χ3v) is 8.44. The van der Waals surface area contributed by atoms with Gasteiger partial charge in [0.15, 0.2) is 5.82 Å². The molecule has 0 spiro atoms. The van der Waals surface area contributed by atoms with Crippen LogP contribution in [-0.2, 0) is 10.8 Å². The minimum atomic E-state index is -0.753. The highest BCUT2D eigenvalue weighted by atomic mass is 32.2. The molecule has 1 aliphatic rings. The average Bonchev–Trinajstić information content (AvgIpc) is 3.39. The van der Waals surface area contributed by atoms with Crippen LogP contribution in [0.5, 0.6) is 0 Å². The van der Waals surface area contributed by atoms with Crippen molar-refractivity contribution in [2.24, 2.45) is 0 Å². The summed E-state index contributed by atoms with van der Waals surface area (Å²) < 4.78 is 12.2. The third kappa shape index (κ3) is 3.63. The van der Waals surface area contributed by atoms with Gasteiger partial charge >= 0.3 is 0 Å². The molecule has 4 nitrogen and oxygen atoms in total. The maximum absolute atomic E-state index is 12.2. The van der Waals surface area contributed by atoms with Crippen LogP contribution >= 0.6 is 22.7 Å². The minimum absolute atomic E-state index is 0.291. The van der Waals surface area contributed by atoms with E-state index in [1.807, 2.05) is 12.1 Å². The standard InChI is InChI=1S/C22H21N3OS3/c1-15-9-12-29(26)13-10-25(15)21-19-17(16-6-3-2-4-7-16)14-28-22(19)24-20(23-21)18-8-5-11-27-18/h2-8,11,14-15H,9-10,12-13H2,1H3/t15-,29+/m0/s1. The van der Waals surface area contributed by atoms with Crippen molar-refractivity contribution in [1.29, 1.82) is 0 Å². The number of anilines is 1. The molecule has 0 unspecified atom stereocenters. The lowest BCUT2D eigenvalue weighted by Gasteiger charge is -2.29. The van der Waals surface area contributed by atoms with Gasteiger partial charge < -0.3 is 4.90 Å². The number of thiophene rings is 2. The van der Waals surface area contributed by atoms with Gasteiger partial charge in [0.05, 0.1) is 10.3 Å². The van der Waals surface area contributed by atoms with Gasteiger partial charge in [0.2, 0.25) is 0 Å². The molecule has 0 saturated carbocycles. The molecule has 0 aliphatic carbocycles. The van der Waals surface area contributed by atoms with Gasteiger partial charge in [-0.15, -0.1) is 22.7 Å². The maximum Gasteiger partial charge on any atom is 0.173 e. The lowest BCUT2D eigenvalue weighted by molar-refractivity contribution is 0.639. The Labute approximate surface area is 180 Å². The Hall–Kier alpha value is -2.09. The minimum Gasteiger partial charge on any atom is -0.352 e. The fourth-order valence-corrected chi connectivity index (χ4v) is 6.58. The molecule has 1 saturated heterocycles. The quantitative estimate of drug-likeness (QED) is 0.427. The van der Waals surface area contributed by atoms with Gasteiger partial charge in [-0.25, -0.2) is 9.97 Å². The first kappa shape index (κ1) is 18.9. The lowest BCUT2D eigenvalue weighted by Crippen LogP contribution is -2.34. The molecule has 0 bridgehead atoms. The summed E-state index contributed by atoms with van der Waals surface area (Å²) >= 11 is 3.33. The highest BCUT2D eigenvalue weighted by molar-refractivity contribution is 7.85. The van der Waals surface area contributed by atoms with Crippen molar-refractivity contribution in [1.82, 2.24) is 9.97 Å². The SMILES string of the molecule is C[C@H]1CC[S@@](=O)CCN1c1nc(-c2cccs2)nc2scc(-c3ccccc3)c12. The molecule has 148 valence electrons. The molecule has 3 aromatic heterocycles. The van der Waals surface area contributed by atoms with Crippen LogP contribution in [-0.4, -0.2) is 38.3 Å². The first-order valence-corrected chi connectivity index (χ1v) is 13.0. The Morgan fingerprint density at radius 2 is 1.93 bits per heavy atom. The van der Waals surface area contributed by atoms with Crippen molar-refractivity contribution in [2.45, 2.75) is 19.4 Å². The molecule has 4 aromatic rings. The lowest BCUT2D eigenvalue weighted by atomic mass is 10.1. The number of aromatic nitrogens is 2. The van der Waals surface area contributed by atoms with Crippen LogP contribution in [0.3, 0.4) is 0 Å². The van der Waals surface area contributed by atoms with E-state index >= 15 is 0 Å². The van der Waals surface area contributed by atoms with Crippen molar-refractivity contribution in [3.8, 4) is 21.8 Å². The second-order valence-corrected chi connectivity index (χ2v) is 10.7. The first-order chi connectivity index (χ1) is 14.2. The van der Waals surface area contributed by atoms with Crippen molar-refractivity contribution >= 4 is 49.5 Å². The Balaban J connectivity index is 1.74. The van der Waals surface area contributed by atoms with Crippen molar-refractivity contribution in [3.05, 3.63) is 53.2 Å². The van der Waals surface area contributed by atoms with E-state index in [9.17, 15) is 4.21 Å². The first-order valence-electron chi connectivity index (χ1n) is 9.71. The molecular weight excluding hydrogens is 418 g/mol. The van der Waals surface area contributed by atoms with Crippen LogP contribution < -0.4 is 4.90 Å². The van der Waals surface area contributed by atoms with Crippen LogP contribution in [0.1, 0.15) is 13.3 Å². The van der Waals surface area contributed by atoms with Crippen molar-refractivity contribution in [3.63, 3.8) is 0 Å². The van der Waals surface area contributed by atoms with Crippen molar-refractivity contribution in [2.75, 3.05) is 23.0 Å². The summed E-state index contributed by atoms with van der Waals surface area (Å²) in [6, 6.07) is 14.8. The zero-order valence-corrected chi connectivity index (χ0v) is 18.5. The van der Waals surface area contributed by atoms with Crippen molar-refractivity contribution < 1.29 is 4.21 Å². The average molecular weight is 440 g/mol. The van der Waals surface area contributed by atoms with E-state index in [0.29, 0.717) is 11.8 Å². The summed E-state index contributed by atoms with van der Waals surface area (Å²) in [4.78, 5) is 14.4. The fourth-order valence-electron chi connectivity index (χ4n) is 3.77. The molecule has 4 heterocycles. The van der Waals surface area contributed by atoms with Gasteiger partial charge in [0.1, 0.15) is 10.6 Å². The number of rotatable bonds is 3. The molecule has 0 radical (unpaired) electrons. The van der Waals surface area contributed by atoms with Gasteiger partial charge in [0, 0.05) is 45.8 Å². The molecule has 7 heteroatoms. The van der Waals surface area contributed by atoms with Crippen LogP contribution in [0.2, 0.25) is 0 Å². The van der Waals surface area contributed by atoms with Gasteiger partial charge in [-0.3, -0.25) is 4.21 Å². The maximum atomic E-state index is 12.2. The monoisotopic (exact) mass is 439 g/mol. The van der Waals surface area contributed by atoms with Gasteiger partial charge in [-0.1, -0.05) is 36.4 Å². The van der Waals surface area contributed by atoms with E-state index in [1.165, 1.54) is 11.1 Å². The van der Waals surface area contributed by atoms with Crippen LogP contribution in [0, 0.1) is 0 Å². The number of hydrogen-bond acceptors (Lipinski definition) is 6. The second kappa shape index (κ2) is 7.97. The molecular formula is C22H21N3OS3.